The SMILES string of the molecule is CCn1c(CC(N)CCC(C)C)nc2ccccc21. The Kier molecular flexibility index (Phi) is 4.59. The molecular weight excluding hydrogens is 234 g/mol. The summed E-state index contributed by atoms with van der Waals surface area (Å²) in [5, 5.41) is 0. The molecule has 1 atom stereocenters. The van der Waals surface area contributed by atoms with Gasteiger partial charge in [0, 0.05) is 19.0 Å². The maximum Gasteiger partial charge on any atom is 0.111 e. The average molecular weight is 259 g/mol. The minimum Gasteiger partial charge on any atom is -0.328 e. The zero-order valence-corrected chi connectivity index (χ0v) is 12.3. The molecule has 0 amide bonds. The molecule has 1 aromatic carbocycles. The first kappa shape index (κ1) is 14.1. The monoisotopic (exact) mass is 259 g/mol. The number of hydrogen-bond donors (Lipinski definition) is 1. The Morgan fingerprint density at radius 2 is 1.95 bits per heavy atom. The van der Waals surface area contributed by atoms with E-state index in [2.05, 4.69) is 43.5 Å². The minimum atomic E-state index is 0.213. The lowest BCUT2D eigenvalue weighted by Gasteiger charge is -2.13. The number of nitrogens with zero attached hydrogens (tertiary/aromatic N) is 2. The molecule has 2 N–H and O–H groups in total. The van der Waals surface area contributed by atoms with Crippen LogP contribution in [0.5, 0.6) is 0 Å². The van der Waals surface area contributed by atoms with Crippen molar-refractivity contribution in [1.82, 2.24) is 9.55 Å². The first-order chi connectivity index (χ1) is 9.11. The Hall–Kier alpha value is -1.35. The van der Waals surface area contributed by atoms with Crippen LogP contribution in [0.25, 0.3) is 11.0 Å². The fourth-order valence-corrected chi connectivity index (χ4v) is 2.52. The van der Waals surface area contributed by atoms with E-state index in [1.165, 1.54) is 11.9 Å². The van der Waals surface area contributed by atoms with Crippen LogP contribution in [0, 0.1) is 5.92 Å². The maximum absolute atomic E-state index is 6.25. The third-order valence-electron chi connectivity index (χ3n) is 3.61. The van der Waals surface area contributed by atoms with Crippen LogP contribution in [0.15, 0.2) is 24.3 Å². The van der Waals surface area contributed by atoms with Gasteiger partial charge in [-0.2, -0.15) is 0 Å². The standard InChI is InChI=1S/C16H25N3/c1-4-19-15-8-6-5-7-14(15)18-16(19)11-13(17)10-9-12(2)3/h5-8,12-13H,4,9-11,17H2,1-3H3. The third-order valence-corrected chi connectivity index (χ3v) is 3.61. The Balaban J connectivity index is 2.15. The fraction of sp³-hybridized carbons (Fsp3) is 0.562. The van der Waals surface area contributed by atoms with Crippen molar-refractivity contribution in [3.05, 3.63) is 30.1 Å². The number of imidazole rings is 1. The summed E-state index contributed by atoms with van der Waals surface area (Å²) >= 11 is 0. The quantitative estimate of drug-likeness (QED) is 0.864. The number of rotatable bonds is 6. The second kappa shape index (κ2) is 6.20. The summed E-state index contributed by atoms with van der Waals surface area (Å²) in [5.41, 5.74) is 8.54. The van der Waals surface area contributed by atoms with Crippen LogP contribution in [0.3, 0.4) is 0 Å². The van der Waals surface area contributed by atoms with Crippen molar-refractivity contribution in [2.24, 2.45) is 11.7 Å². The number of aryl methyl sites for hydroxylation is 1. The van der Waals surface area contributed by atoms with Crippen LogP contribution in [-0.2, 0) is 13.0 Å². The third kappa shape index (κ3) is 3.35. The molecule has 0 radical (unpaired) electrons. The minimum absolute atomic E-state index is 0.213. The van der Waals surface area contributed by atoms with Crippen molar-refractivity contribution in [3.63, 3.8) is 0 Å². The van der Waals surface area contributed by atoms with E-state index in [1.54, 1.807) is 0 Å². The highest BCUT2D eigenvalue weighted by molar-refractivity contribution is 5.75. The van der Waals surface area contributed by atoms with Crippen LogP contribution < -0.4 is 5.73 Å². The highest BCUT2D eigenvalue weighted by Gasteiger charge is 2.13. The van der Waals surface area contributed by atoms with Gasteiger partial charge < -0.3 is 10.3 Å². The van der Waals surface area contributed by atoms with Crippen LogP contribution in [-0.4, -0.2) is 15.6 Å². The van der Waals surface area contributed by atoms with Gasteiger partial charge in [-0.1, -0.05) is 26.0 Å². The Morgan fingerprint density at radius 1 is 1.21 bits per heavy atom. The van der Waals surface area contributed by atoms with Crippen LogP contribution in [0.2, 0.25) is 0 Å². The van der Waals surface area contributed by atoms with Crippen molar-refractivity contribution in [2.45, 2.75) is 52.6 Å². The number of nitrogens with two attached hydrogens (primary N) is 1. The largest absolute Gasteiger partial charge is 0.328 e. The van der Waals surface area contributed by atoms with Crippen molar-refractivity contribution < 1.29 is 0 Å². The van der Waals surface area contributed by atoms with Crippen LogP contribution in [0.4, 0.5) is 0 Å². The first-order valence-corrected chi connectivity index (χ1v) is 7.31. The van der Waals surface area contributed by atoms with E-state index in [0.717, 1.165) is 36.6 Å². The van der Waals surface area contributed by atoms with Gasteiger partial charge in [-0.15, -0.1) is 0 Å². The number of fused-ring (bicyclic) bond motifs is 1. The van der Waals surface area contributed by atoms with E-state index in [0.29, 0.717) is 0 Å². The lowest BCUT2D eigenvalue weighted by atomic mass is 10.0. The Labute approximate surface area is 115 Å². The van der Waals surface area contributed by atoms with E-state index in [-0.39, 0.29) is 6.04 Å². The van der Waals surface area contributed by atoms with Gasteiger partial charge in [0.15, 0.2) is 0 Å². The average Bonchev–Trinajstić information content (AvgIpc) is 2.73. The molecule has 2 aromatic rings. The van der Waals surface area contributed by atoms with E-state index in [1.807, 2.05) is 6.07 Å². The summed E-state index contributed by atoms with van der Waals surface area (Å²) in [6, 6.07) is 8.53. The van der Waals surface area contributed by atoms with Gasteiger partial charge in [-0.25, -0.2) is 4.98 Å². The van der Waals surface area contributed by atoms with E-state index < -0.39 is 0 Å². The summed E-state index contributed by atoms with van der Waals surface area (Å²) in [6.07, 6.45) is 3.13. The predicted octanol–water partition coefficient (Wildman–Crippen LogP) is 3.36. The molecule has 19 heavy (non-hydrogen) atoms. The van der Waals surface area contributed by atoms with Gasteiger partial charge in [0.2, 0.25) is 0 Å². The molecule has 0 aliphatic rings. The summed E-state index contributed by atoms with van der Waals surface area (Å²) in [6.45, 7) is 7.60. The van der Waals surface area contributed by atoms with Crippen LogP contribution in [0.1, 0.15) is 39.4 Å². The van der Waals surface area contributed by atoms with Gasteiger partial charge in [-0.05, 0) is 37.8 Å². The normalized spacial score (nSPS) is 13.3. The molecule has 3 heteroatoms. The second-order valence-corrected chi connectivity index (χ2v) is 5.70. The number of benzene rings is 1. The number of aromatic nitrogens is 2. The first-order valence-electron chi connectivity index (χ1n) is 7.31. The molecule has 2 rings (SSSR count). The molecule has 0 spiro atoms. The molecule has 0 aliphatic carbocycles. The van der Waals surface area contributed by atoms with Crippen molar-refractivity contribution in [3.8, 4) is 0 Å². The van der Waals surface area contributed by atoms with Gasteiger partial charge in [0.05, 0.1) is 11.0 Å². The van der Waals surface area contributed by atoms with E-state index in [9.17, 15) is 0 Å². The van der Waals surface area contributed by atoms with Crippen molar-refractivity contribution in [1.29, 1.82) is 0 Å². The zero-order valence-electron chi connectivity index (χ0n) is 12.3. The van der Waals surface area contributed by atoms with Crippen LogP contribution >= 0.6 is 0 Å². The predicted molar refractivity (Wildman–Crippen MR) is 81.2 cm³/mol. The molecule has 1 unspecified atom stereocenters. The van der Waals surface area contributed by atoms with Gasteiger partial charge >= 0.3 is 0 Å². The fourth-order valence-electron chi connectivity index (χ4n) is 2.52. The molecule has 0 fully saturated rings. The van der Waals surface area contributed by atoms with Crippen molar-refractivity contribution in [2.75, 3.05) is 0 Å². The summed E-state index contributed by atoms with van der Waals surface area (Å²) in [5.74, 6) is 1.84. The Morgan fingerprint density at radius 3 is 2.63 bits per heavy atom. The topological polar surface area (TPSA) is 43.8 Å². The molecule has 0 saturated heterocycles. The van der Waals surface area contributed by atoms with E-state index in [4.69, 9.17) is 10.7 Å². The molecule has 0 bridgehead atoms. The molecule has 104 valence electrons. The van der Waals surface area contributed by atoms with Gasteiger partial charge in [0.1, 0.15) is 5.82 Å². The second-order valence-electron chi connectivity index (χ2n) is 5.70. The highest BCUT2D eigenvalue weighted by Crippen LogP contribution is 2.18. The molecule has 0 saturated carbocycles. The summed E-state index contributed by atoms with van der Waals surface area (Å²) < 4.78 is 2.28. The summed E-state index contributed by atoms with van der Waals surface area (Å²) in [4.78, 5) is 4.73. The van der Waals surface area contributed by atoms with Gasteiger partial charge in [0.25, 0.3) is 0 Å². The number of para-hydroxylation sites is 2. The molecular formula is C16H25N3. The number of hydrogen-bond acceptors (Lipinski definition) is 2. The Bertz CT molecular complexity index is 528. The molecule has 1 heterocycles. The smallest absolute Gasteiger partial charge is 0.111 e. The summed E-state index contributed by atoms with van der Waals surface area (Å²) in [7, 11) is 0. The zero-order chi connectivity index (χ0) is 13.8. The van der Waals surface area contributed by atoms with Gasteiger partial charge in [-0.3, -0.25) is 0 Å². The molecule has 0 aliphatic heterocycles. The molecule has 1 aromatic heterocycles. The van der Waals surface area contributed by atoms with E-state index >= 15 is 0 Å². The lowest BCUT2D eigenvalue weighted by molar-refractivity contribution is 0.484. The van der Waals surface area contributed by atoms with Crippen molar-refractivity contribution >= 4 is 11.0 Å². The lowest BCUT2D eigenvalue weighted by Crippen LogP contribution is -2.25. The molecule has 3 nitrogen and oxygen atoms in total. The maximum atomic E-state index is 6.25. The highest BCUT2D eigenvalue weighted by atomic mass is 15.1.